The van der Waals surface area contributed by atoms with E-state index in [2.05, 4.69) is 14.9 Å². The van der Waals surface area contributed by atoms with Crippen LogP contribution in [0.4, 0.5) is 5.69 Å². The molecule has 3 aromatic rings. The van der Waals surface area contributed by atoms with E-state index in [0.717, 1.165) is 56.4 Å². The van der Waals surface area contributed by atoms with Gasteiger partial charge in [0, 0.05) is 38.3 Å². The number of benzene rings is 1. The summed E-state index contributed by atoms with van der Waals surface area (Å²) in [7, 11) is 0. The van der Waals surface area contributed by atoms with Crippen molar-refractivity contribution in [2.24, 2.45) is 5.92 Å². The first-order chi connectivity index (χ1) is 17.3. The summed E-state index contributed by atoms with van der Waals surface area (Å²) in [6.45, 7) is 4.92. The molecule has 2 aromatic heterocycles. The van der Waals surface area contributed by atoms with Crippen LogP contribution in [0.15, 0.2) is 64.3 Å². The maximum atomic E-state index is 13.5. The van der Waals surface area contributed by atoms with Gasteiger partial charge in [-0.05, 0) is 37.0 Å². The predicted octanol–water partition coefficient (Wildman–Crippen LogP) is 4.89. The minimum absolute atomic E-state index is 0.188. The van der Waals surface area contributed by atoms with E-state index in [9.17, 15) is 4.79 Å². The summed E-state index contributed by atoms with van der Waals surface area (Å²) < 4.78 is 12.9. The SMILES string of the molecule is O=c1c(OCCCC2CCCCC2)c(N2CCN(Cc3ccoc3)CC2)cnn1-c1ccccc1. The van der Waals surface area contributed by atoms with E-state index in [-0.39, 0.29) is 5.56 Å². The number of piperazine rings is 1. The first kappa shape index (κ1) is 23.7. The average Bonchev–Trinajstić information content (AvgIpc) is 3.42. The fourth-order valence-corrected chi connectivity index (χ4v) is 5.35. The lowest BCUT2D eigenvalue weighted by atomic mass is 9.86. The predicted molar refractivity (Wildman–Crippen MR) is 137 cm³/mol. The molecule has 2 fully saturated rings. The van der Waals surface area contributed by atoms with Crippen molar-refractivity contribution in [2.75, 3.05) is 37.7 Å². The molecule has 35 heavy (non-hydrogen) atoms. The van der Waals surface area contributed by atoms with E-state index >= 15 is 0 Å². The number of para-hydroxylation sites is 1. The molecule has 1 saturated heterocycles. The van der Waals surface area contributed by atoms with Gasteiger partial charge < -0.3 is 14.1 Å². The molecule has 0 atom stereocenters. The van der Waals surface area contributed by atoms with Gasteiger partial charge in [0.05, 0.1) is 31.0 Å². The molecule has 0 N–H and O–H groups in total. The zero-order chi connectivity index (χ0) is 23.9. The molecule has 1 aliphatic heterocycles. The quantitative estimate of drug-likeness (QED) is 0.410. The number of hydrogen-bond donors (Lipinski definition) is 0. The number of furan rings is 1. The Bertz CT molecular complexity index is 1100. The van der Waals surface area contributed by atoms with Gasteiger partial charge in [-0.15, -0.1) is 0 Å². The molecular formula is C28H36N4O3. The van der Waals surface area contributed by atoms with Crippen molar-refractivity contribution in [3.8, 4) is 11.4 Å². The van der Waals surface area contributed by atoms with Crippen LogP contribution < -0.4 is 15.2 Å². The van der Waals surface area contributed by atoms with E-state index in [1.807, 2.05) is 36.4 Å². The minimum Gasteiger partial charge on any atom is -0.486 e. The van der Waals surface area contributed by atoms with Crippen molar-refractivity contribution in [1.82, 2.24) is 14.7 Å². The lowest BCUT2D eigenvalue weighted by Gasteiger charge is -2.36. The molecule has 7 nitrogen and oxygen atoms in total. The highest BCUT2D eigenvalue weighted by atomic mass is 16.5. The molecule has 2 aliphatic rings. The van der Waals surface area contributed by atoms with E-state index in [1.165, 1.54) is 48.8 Å². The molecule has 0 unspecified atom stereocenters. The monoisotopic (exact) mass is 476 g/mol. The summed E-state index contributed by atoms with van der Waals surface area (Å²) in [5.74, 6) is 1.24. The summed E-state index contributed by atoms with van der Waals surface area (Å²) in [5.41, 5.74) is 2.56. The number of hydrogen-bond acceptors (Lipinski definition) is 6. The Balaban J connectivity index is 1.29. The lowest BCUT2D eigenvalue weighted by Crippen LogP contribution is -2.46. The fraction of sp³-hybridized carbons (Fsp3) is 0.500. The van der Waals surface area contributed by atoms with E-state index in [1.54, 1.807) is 18.7 Å². The second-order valence-corrected chi connectivity index (χ2v) is 9.80. The van der Waals surface area contributed by atoms with Gasteiger partial charge in [0.1, 0.15) is 5.69 Å². The molecule has 1 aliphatic carbocycles. The van der Waals surface area contributed by atoms with Gasteiger partial charge in [0.15, 0.2) is 0 Å². The first-order valence-electron chi connectivity index (χ1n) is 13.1. The van der Waals surface area contributed by atoms with Gasteiger partial charge in [-0.2, -0.15) is 9.78 Å². The van der Waals surface area contributed by atoms with E-state index < -0.39 is 0 Å². The Kier molecular flexibility index (Phi) is 7.83. The molecular weight excluding hydrogens is 440 g/mol. The molecule has 0 spiro atoms. The summed E-state index contributed by atoms with van der Waals surface area (Å²) in [5, 5.41) is 4.52. The van der Waals surface area contributed by atoms with Gasteiger partial charge in [0.2, 0.25) is 5.75 Å². The molecule has 0 radical (unpaired) electrons. The van der Waals surface area contributed by atoms with Crippen LogP contribution in [0.3, 0.4) is 0 Å². The maximum Gasteiger partial charge on any atom is 0.316 e. The summed E-state index contributed by atoms with van der Waals surface area (Å²) in [6.07, 6.45) is 14.3. The van der Waals surface area contributed by atoms with Crippen LogP contribution in [0.1, 0.15) is 50.5 Å². The number of aromatic nitrogens is 2. The van der Waals surface area contributed by atoms with Crippen molar-refractivity contribution in [2.45, 2.75) is 51.5 Å². The highest BCUT2D eigenvalue weighted by Gasteiger charge is 2.24. The molecule has 7 heteroatoms. The van der Waals surface area contributed by atoms with Gasteiger partial charge in [-0.25, -0.2) is 0 Å². The fourth-order valence-electron chi connectivity index (χ4n) is 5.35. The lowest BCUT2D eigenvalue weighted by molar-refractivity contribution is 0.245. The minimum atomic E-state index is -0.188. The second kappa shape index (κ2) is 11.6. The summed E-state index contributed by atoms with van der Waals surface area (Å²) in [6, 6.07) is 11.6. The van der Waals surface area contributed by atoms with Crippen LogP contribution in [-0.4, -0.2) is 47.5 Å². The molecule has 3 heterocycles. The summed E-state index contributed by atoms with van der Waals surface area (Å²) in [4.78, 5) is 18.2. The normalized spacial score (nSPS) is 17.5. The van der Waals surface area contributed by atoms with Crippen molar-refractivity contribution in [1.29, 1.82) is 0 Å². The number of ether oxygens (including phenoxy) is 1. The number of nitrogens with zero attached hydrogens (tertiary/aromatic N) is 4. The van der Waals surface area contributed by atoms with Crippen molar-refractivity contribution in [3.05, 3.63) is 71.0 Å². The van der Waals surface area contributed by atoms with Gasteiger partial charge >= 0.3 is 5.56 Å². The Morgan fingerprint density at radius 2 is 1.80 bits per heavy atom. The van der Waals surface area contributed by atoms with E-state index in [0.29, 0.717) is 12.4 Å². The number of anilines is 1. The standard InChI is InChI=1S/C28H36N4O3/c33-28-27(35-18-7-10-23-8-3-1-4-9-23)26(20-29-32(28)25-11-5-2-6-12-25)31-16-14-30(15-17-31)21-24-13-19-34-22-24/h2,5-6,11-13,19-20,22-23H,1,3-4,7-10,14-18,21H2. The third-order valence-corrected chi connectivity index (χ3v) is 7.34. The van der Waals surface area contributed by atoms with Crippen molar-refractivity contribution in [3.63, 3.8) is 0 Å². The van der Waals surface area contributed by atoms with Crippen molar-refractivity contribution >= 4 is 5.69 Å². The summed E-state index contributed by atoms with van der Waals surface area (Å²) >= 11 is 0. The Morgan fingerprint density at radius 1 is 1.00 bits per heavy atom. The van der Waals surface area contributed by atoms with Crippen LogP contribution in [0, 0.1) is 5.92 Å². The Hall–Kier alpha value is -3.06. The van der Waals surface area contributed by atoms with Gasteiger partial charge in [-0.1, -0.05) is 50.3 Å². The van der Waals surface area contributed by atoms with Crippen LogP contribution in [0.5, 0.6) is 5.75 Å². The smallest absolute Gasteiger partial charge is 0.316 e. The molecule has 5 rings (SSSR count). The molecule has 0 amide bonds. The molecule has 1 saturated carbocycles. The zero-order valence-corrected chi connectivity index (χ0v) is 20.5. The van der Waals surface area contributed by atoms with Gasteiger partial charge in [-0.3, -0.25) is 9.69 Å². The van der Waals surface area contributed by atoms with Crippen molar-refractivity contribution < 1.29 is 9.15 Å². The highest BCUT2D eigenvalue weighted by Crippen LogP contribution is 2.29. The van der Waals surface area contributed by atoms with Crippen LogP contribution in [0.25, 0.3) is 5.69 Å². The van der Waals surface area contributed by atoms with Crippen LogP contribution in [0.2, 0.25) is 0 Å². The van der Waals surface area contributed by atoms with Gasteiger partial charge in [0.25, 0.3) is 0 Å². The molecule has 186 valence electrons. The number of rotatable bonds is 9. The third kappa shape index (κ3) is 5.96. The largest absolute Gasteiger partial charge is 0.486 e. The Labute approximate surface area is 207 Å². The average molecular weight is 477 g/mol. The molecule has 1 aromatic carbocycles. The highest BCUT2D eigenvalue weighted by molar-refractivity contribution is 5.57. The second-order valence-electron chi connectivity index (χ2n) is 9.80. The first-order valence-corrected chi connectivity index (χ1v) is 13.1. The topological polar surface area (TPSA) is 63.7 Å². The zero-order valence-electron chi connectivity index (χ0n) is 20.5. The van der Waals surface area contributed by atoms with Crippen LogP contribution in [-0.2, 0) is 6.54 Å². The van der Waals surface area contributed by atoms with E-state index in [4.69, 9.17) is 9.15 Å². The Morgan fingerprint density at radius 3 is 2.54 bits per heavy atom. The maximum absolute atomic E-state index is 13.5. The third-order valence-electron chi connectivity index (χ3n) is 7.34. The molecule has 0 bridgehead atoms. The van der Waals surface area contributed by atoms with Crippen LogP contribution >= 0.6 is 0 Å².